The third-order valence-corrected chi connectivity index (χ3v) is 8.27. The number of ether oxygens (including phenoxy) is 6. The molecule has 1 aliphatic heterocycles. The zero-order valence-corrected chi connectivity index (χ0v) is 29.8. The molecule has 10 heteroatoms. The summed E-state index contributed by atoms with van der Waals surface area (Å²) >= 11 is 0. The second-order valence-electron chi connectivity index (χ2n) is 13.2. The molecule has 0 bridgehead atoms. The Hall–Kier alpha value is -4.12. The van der Waals surface area contributed by atoms with Gasteiger partial charge in [-0.25, -0.2) is 4.79 Å². The second kappa shape index (κ2) is 18.6. The van der Waals surface area contributed by atoms with Crippen LogP contribution in [0.3, 0.4) is 0 Å². The smallest absolute Gasteiger partial charge is 0.410 e. The number of nitrogens with zero attached hydrogens (tertiary/aromatic N) is 1. The van der Waals surface area contributed by atoms with Crippen LogP contribution in [0.4, 0.5) is 4.79 Å². The normalized spacial score (nSPS) is 16.2. The molecule has 1 aliphatic rings. The standard InChI is InChI=1S/C39H52N2O8/c1-28-12-13-29(24-34(28)37(42)40-19-23-44-5)26-48-36-25-41(38(43)49-39(2,3)4)20-18-33(36)30-14-16-32(17-15-30)47-22-9-21-46-27-31-10-7-8-11-35(31)45-6/h7-8,10-17,24,33,36H,9,18-23,25-27H2,1-6H3,(H,40,42). The number of benzene rings is 3. The molecule has 3 aromatic rings. The van der Waals surface area contributed by atoms with Crippen LogP contribution in [0.5, 0.6) is 11.5 Å². The highest BCUT2D eigenvalue weighted by Gasteiger charge is 2.35. The van der Waals surface area contributed by atoms with Crippen molar-refractivity contribution in [3.8, 4) is 11.5 Å². The van der Waals surface area contributed by atoms with E-state index >= 15 is 0 Å². The van der Waals surface area contributed by atoms with Crippen LogP contribution in [0.15, 0.2) is 66.7 Å². The van der Waals surface area contributed by atoms with Gasteiger partial charge in [0.25, 0.3) is 5.91 Å². The maximum absolute atomic E-state index is 13.0. The van der Waals surface area contributed by atoms with Gasteiger partial charge in [-0.3, -0.25) is 4.79 Å². The van der Waals surface area contributed by atoms with Gasteiger partial charge in [-0.15, -0.1) is 0 Å². The highest BCUT2D eigenvalue weighted by Crippen LogP contribution is 2.33. The second-order valence-corrected chi connectivity index (χ2v) is 13.2. The summed E-state index contributed by atoms with van der Waals surface area (Å²) in [5, 5.41) is 2.89. The number of likely N-dealkylation sites (tertiary alicyclic amines) is 1. The predicted octanol–water partition coefficient (Wildman–Crippen LogP) is 6.68. The number of nitrogens with one attached hydrogen (secondary N) is 1. The summed E-state index contributed by atoms with van der Waals surface area (Å²) < 4.78 is 34.5. The minimum atomic E-state index is -0.593. The fourth-order valence-corrected chi connectivity index (χ4v) is 5.69. The average Bonchev–Trinajstić information content (AvgIpc) is 3.09. The van der Waals surface area contributed by atoms with Crippen molar-refractivity contribution in [1.29, 1.82) is 0 Å². The van der Waals surface area contributed by atoms with E-state index in [1.54, 1.807) is 19.1 Å². The fourth-order valence-electron chi connectivity index (χ4n) is 5.69. The quantitative estimate of drug-likeness (QED) is 0.168. The first kappa shape index (κ1) is 37.7. The number of carbonyl (C=O) groups excluding carboxylic acids is 2. The van der Waals surface area contributed by atoms with Crippen molar-refractivity contribution < 1.29 is 38.0 Å². The van der Waals surface area contributed by atoms with Crippen molar-refractivity contribution in [3.05, 3.63) is 94.5 Å². The maximum atomic E-state index is 13.0. The minimum absolute atomic E-state index is 0.0541. The summed E-state index contributed by atoms with van der Waals surface area (Å²) in [6, 6.07) is 21.7. The molecule has 0 saturated carbocycles. The number of carbonyl (C=O) groups is 2. The fraction of sp³-hybridized carbons (Fsp3) is 0.487. The average molecular weight is 677 g/mol. The number of amides is 2. The van der Waals surface area contributed by atoms with Crippen LogP contribution in [0.25, 0.3) is 0 Å². The molecular formula is C39H52N2O8. The molecule has 0 spiro atoms. The summed E-state index contributed by atoms with van der Waals surface area (Å²) in [7, 11) is 3.26. The lowest BCUT2D eigenvalue weighted by molar-refractivity contribution is -0.0359. The summed E-state index contributed by atoms with van der Waals surface area (Å²) in [6.07, 6.45) is 0.842. The highest BCUT2D eigenvalue weighted by molar-refractivity contribution is 5.95. The Bertz CT molecular complexity index is 1490. The molecule has 1 N–H and O–H groups in total. The van der Waals surface area contributed by atoms with Crippen LogP contribution in [0.2, 0.25) is 0 Å². The molecule has 1 fully saturated rings. The Labute approximate surface area is 291 Å². The molecule has 1 heterocycles. The van der Waals surface area contributed by atoms with E-state index < -0.39 is 5.60 Å². The zero-order valence-electron chi connectivity index (χ0n) is 29.8. The molecule has 4 rings (SSSR count). The van der Waals surface area contributed by atoms with Gasteiger partial charge in [-0.2, -0.15) is 0 Å². The molecule has 10 nitrogen and oxygen atoms in total. The van der Waals surface area contributed by atoms with Crippen LogP contribution in [-0.2, 0) is 32.2 Å². The molecule has 0 radical (unpaired) electrons. The van der Waals surface area contributed by atoms with E-state index in [0.717, 1.165) is 40.2 Å². The molecule has 0 aliphatic carbocycles. The van der Waals surface area contributed by atoms with Crippen molar-refractivity contribution in [3.63, 3.8) is 0 Å². The van der Waals surface area contributed by atoms with Gasteiger partial charge in [-0.1, -0.05) is 42.5 Å². The van der Waals surface area contributed by atoms with Gasteiger partial charge >= 0.3 is 6.09 Å². The van der Waals surface area contributed by atoms with Gasteiger partial charge in [0.15, 0.2) is 0 Å². The van der Waals surface area contributed by atoms with E-state index in [-0.39, 0.29) is 24.0 Å². The lowest BCUT2D eigenvalue weighted by atomic mass is 9.87. The van der Waals surface area contributed by atoms with Crippen LogP contribution in [-0.4, -0.2) is 82.3 Å². The van der Waals surface area contributed by atoms with E-state index in [0.29, 0.717) is 64.7 Å². The number of methoxy groups -OCH3 is 2. The SMILES string of the molecule is COCCNC(=O)c1cc(COC2CN(C(=O)OC(C)(C)C)CCC2c2ccc(OCCCOCc3ccccc3OC)cc2)ccc1C. The van der Waals surface area contributed by atoms with Crippen molar-refractivity contribution >= 4 is 12.0 Å². The maximum Gasteiger partial charge on any atom is 0.410 e. The number of para-hydroxylation sites is 1. The number of hydrogen-bond donors (Lipinski definition) is 1. The molecule has 49 heavy (non-hydrogen) atoms. The molecule has 266 valence electrons. The van der Waals surface area contributed by atoms with Crippen molar-refractivity contribution in [2.75, 3.05) is 53.7 Å². The van der Waals surface area contributed by atoms with Crippen molar-refractivity contribution in [2.24, 2.45) is 0 Å². The molecular weight excluding hydrogens is 624 g/mol. The van der Waals surface area contributed by atoms with Crippen LogP contribution in [0.1, 0.15) is 72.1 Å². The number of hydrogen-bond acceptors (Lipinski definition) is 8. The van der Waals surface area contributed by atoms with Gasteiger partial charge in [0.1, 0.15) is 17.1 Å². The Morgan fingerprint density at radius 3 is 2.45 bits per heavy atom. The van der Waals surface area contributed by atoms with Gasteiger partial charge < -0.3 is 38.6 Å². The van der Waals surface area contributed by atoms with Gasteiger partial charge in [0.2, 0.25) is 0 Å². The number of rotatable bonds is 16. The first-order valence-electron chi connectivity index (χ1n) is 17.0. The molecule has 2 unspecified atom stereocenters. The largest absolute Gasteiger partial charge is 0.496 e. The van der Waals surface area contributed by atoms with E-state index in [2.05, 4.69) is 17.4 Å². The summed E-state index contributed by atoms with van der Waals surface area (Å²) in [4.78, 5) is 27.5. The zero-order chi connectivity index (χ0) is 35.2. The van der Waals surface area contributed by atoms with Crippen LogP contribution in [0, 0.1) is 6.92 Å². The van der Waals surface area contributed by atoms with E-state index in [9.17, 15) is 9.59 Å². The van der Waals surface area contributed by atoms with Gasteiger partial charge in [0.05, 0.1) is 52.8 Å². The van der Waals surface area contributed by atoms with E-state index in [1.807, 2.05) is 82.3 Å². The third-order valence-electron chi connectivity index (χ3n) is 8.27. The van der Waals surface area contributed by atoms with Crippen LogP contribution >= 0.6 is 0 Å². The lowest BCUT2D eigenvalue weighted by Crippen LogP contribution is -2.48. The lowest BCUT2D eigenvalue weighted by Gasteiger charge is -2.39. The van der Waals surface area contributed by atoms with Crippen LogP contribution < -0.4 is 14.8 Å². The monoisotopic (exact) mass is 676 g/mol. The van der Waals surface area contributed by atoms with Crippen molar-refractivity contribution in [2.45, 2.75) is 71.4 Å². The first-order chi connectivity index (χ1) is 23.6. The third kappa shape index (κ3) is 11.8. The summed E-state index contributed by atoms with van der Waals surface area (Å²) in [6.45, 7) is 11.2. The Balaban J connectivity index is 1.36. The van der Waals surface area contributed by atoms with Gasteiger partial charge in [0, 0.05) is 43.7 Å². The summed E-state index contributed by atoms with van der Waals surface area (Å²) in [5.41, 5.74) is 3.91. The van der Waals surface area contributed by atoms with Crippen molar-refractivity contribution in [1.82, 2.24) is 10.2 Å². The molecule has 0 aromatic heterocycles. The molecule has 3 aromatic carbocycles. The topological polar surface area (TPSA) is 105 Å². The molecule has 2 atom stereocenters. The Morgan fingerprint density at radius 1 is 0.939 bits per heavy atom. The minimum Gasteiger partial charge on any atom is -0.496 e. The van der Waals surface area contributed by atoms with E-state index in [4.69, 9.17) is 28.4 Å². The molecule has 1 saturated heterocycles. The Morgan fingerprint density at radius 2 is 1.71 bits per heavy atom. The highest BCUT2D eigenvalue weighted by atomic mass is 16.6. The predicted molar refractivity (Wildman–Crippen MR) is 188 cm³/mol. The summed E-state index contributed by atoms with van der Waals surface area (Å²) in [5.74, 6) is 1.52. The van der Waals surface area contributed by atoms with Gasteiger partial charge in [-0.05, 0) is 75.1 Å². The number of piperidine rings is 1. The molecule has 2 amide bonds. The first-order valence-corrected chi connectivity index (χ1v) is 17.0. The van der Waals surface area contributed by atoms with E-state index in [1.165, 1.54) is 0 Å². The Kier molecular flexibility index (Phi) is 14.3. The number of aryl methyl sites for hydroxylation is 1.